The Balaban J connectivity index is 2.07. The van der Waals surface area contributed by atoms with E-state index in [1.165, 1.54) is 12.1 Å². The third-order valence-electron chi connectivity index (χ3n) is 2.28. The Morgan fingerprint density at radius 1 is 1.20 bits per heavy atom. The number of hydrogen-bond donors (Lipinski definition) is 1. The van der Waals surface area contributed by atoms with E-state index < -0.39 is 24.0 Å². The fourth-order valence-corrected chi connectivity index (χ4v) is 1.43. The van der Waals surface area contributed by atoms with Crippen molar-refractivity contribution < 1.29 is 18.0 Å². The first-order valence-corrected chi connectivity index (χ1v) is 4.42. The molecule has 0 saturated carbocycles. The molecule has 2 rings (SSSR count). The normalized spacial score (nSPS) is 25.0. The molecule has 0 bridgehead atoms. The van der Waals surface area contributed by atoms with Crippen LogP contribution in [0.3, 0.4) is 0 Å². The van der Waals surface area contributed by atoms with Gasteiger partial charge in [-0.2, -0.15) is 13.2 Å². The van der Waals surface area contributed by atoms with Crippen LogP contribution in [0, 0.1) is 0 Å². The van der Waals surface area contributed by atoms with E-state index in [9.17, 15) is 18.0 Å². The standard InChI is InChI=1S/C10H8F3NO/c11-10(12,13)9-7(14-9)8(15)6-4-2-1-3-5-6/h1-5,7,9,14H. The van der Waals surface area contributed by atoms with Crippen molar-refractivity contribution >= 4 is 5.78 Å². The zero-order valence-corrected chi connectivity index (χ0v) is 7.58. The monoisotopic (exact) mass is 215 g/mol. The molecule has 0 radical (unpaired) electrons. The van der Waals surface area contributed by atoms with Crippen molar-refractivity contribution in [2.45, 2.75) is 18.3 Å². The Kier molecular flexibility index (Phi) is 2.26. The molecule has 1 aliphatic heterocycles. The van der Waals surface area contributed by atoms with E-state index in [0.29, 0.717) is 5.56 Å². The van der Waals surface area contributed by atoms with E-state index in [-0.39, 0.29) is 0 Å². The number of Topliss-reactive ketones (excluding diaryl/α,β-unsaturated/α-hetero) is 1. The molecule has 0 aliphatic carbocycles. The molecular formula is C10H8F3NO. The molecule has 0 amide bonds. The average molecular weight is 215 g/mol. The van der Waals surface area contributed by atoms with Gasteiger partial charge in [0, 0.05) is 5.56 Å². The highest BCUT2D eigenvalue weighted by Crippen LogP contribution is 2.32. The second-order valence-electron chi connectivity index (χ2n) is 3.39. The second-order valence-corrected chi connectivity index (χ2v) is 3.39. The molecule has 2 nitrogen and oxygen atoms in total. The lowest BCUT2D eigenvalue weighted by molar-refractivity contribution is -0.129. The maximum absolute atomic E-state index is 12.2. The van der Waals surface area contributed by atoms with Crippen LogP contribution >= 0.6 is 0 Å². The lowest BCUT2D eigenvalue weighted by Crippen LogP contribution is -2.23. The molecule has 1 aromatic rings. The third-order valence-corrected chi connectivity index (χ3v) is 2.28. The molecule has 1 fully saturated rings. The van der Waals surface area contributed by atoms with Gasteiger partial charge in [-0.1, -0.05) is 30.3 Å². The predicted molar refractivity (Wildman–Crippen MR) is 47.5 cm³/mol. The van der Waals surface area contributed by atoms with Gasteiger partial charge < -0.3 is 0 Å². The molecule has 1 aliphatic rings. The lowest BCUT2D eigenvalue weighted by Gasteiger charge is -2.02. The minimum absolute atomic E-state index is 0.307. The van der Waals surface area contributed by atoms with Gasteiger partial charge in [-0.25, -0.2) is 0 Å². The Morgan fingerprint density at radius 3 is 2.27 bits per heavy atom. The van der Waals surface area contributed by atoms with Crippen molar-refractivity contribution in [2.24, 2.45) is 0 Å². The van der Waals surface area contributed by atoms with Gasteiger partial charge in [0.2, 0.25) is 0 Å². The molecule has 2 unspecified atom stereocenters. The molecule has 5 heteroatoms. The summed E-state index contributed by atoms with van der Waals surface area (Å²) in [7, 11) is 0. The first-order chi connectivity index (χ1) is 7.00. The molecule has 0 spiro atoms. The Bertz CT molecular complexity index is 374. The van der Waals surface area contributed by atoms with E-state index in [1.54, 1.807) is 18.2 Å². The molecule has 1 aromatic carbocycles. The highest BCUT2D eigenvalue weighted by molar-refractivity contribution is 6.02. The topological polar surface area (TPSA) is 39.0 Å². The molecular weight excluding hydrogens is 207 g/mol. The van der Waals surface area contributed by atoms with Crippen molar-refractivity contribution in [3.05, 3.63) is 35.9 Å². The number of alkyl halides is 3. The highest BCUT2D eigenvalue weighted by Gasteiger charge is 2.58. The number of benzene rings is 1. The van der Waals surface area contributed by atoms with Crippen molar-refractivity contribution in [2.75, 3.05) is 0 Å². The van der Waals surface area contributed by atoms with Crippen LogP contribution in [0.2, 0.25) is 0 Å². The quantitative estimate of drug-likeness (QED) is 0.603. The van der Waals surface area contributed by atoms with Crippen LogP contribution in [0.4, 0.5) is 13.2 Å². The van der Waals surface area contributed by atoms with Crippen molar-refractivity contribution in [1.29, 1.82) is 0 Å². The summed E-state index contributed by atoms with van der Waals surface area (Å²) in [6.45, 7) is 0. The summed E-state index contributed by atoms with van der Waals surface area (Å²) in [5, 5.41) is 2.13. The molecule has 1 N–H and O–H groups in total. The van der Waals surface area contributed by atoms with Gasteiger partial charge in [0.05, 0.1) is 6.04 Å². The van der Waals surface area contributed by atoms with Gasteiger partial charge in [0.25, 0.3) is 0 Å². The molecule has 2 atom stereocenters. The summed E-state index contributed by atoms with van der Waals surface area (Å²) in [5.41, 5.74) is 0.307. The first kappa shape index (κ1) is 10.2. The fourth-order valence-electron chi connectivity index (χ4n) is 1.43. The van der Waals surface area contributed by atoms with Crippen molar-refractivity contribution in [1.82, 2.24) is 5.32 Å². The summed E-state index contributed by atoms with van der Waals surface area (Å²) in [6.07, 6.45) is -4.34. The average Bonchev–Trinajstić information content (AvgIpc) is 2.97. The molecule has 0 aromatic heterocycles. The summed E-state index contributed by atoms with van der Waals surface area (Å²) in [4.78, 5) is 11.5. The van der Waals surface area contributed by atoms with E-state index in [4.69, 9.17) is 0 Å². The van der Waals surface area contributed by atoms with Gasteiger partial charge >= 0.3 is 6.18 Å². The summed E-state index contributed by atoms with van der Waals surface area (Å²) in [6, 6.07) is 5.19. The van der Waals surface area contributed by atoms with Crippen LogP contribution < -0.4 is 5.32 Å². The summed E-state index contributed by atoms with van der Waals surface area (Å²) < 4.78 is 36.5. The number of carbonyl (C=O) groups excluding carboxylic acids is 1. The zero-order valence-electron chi connectivity index (χ0n) is 7.58. The van der Waals surface area contributed by atoms with Gasteiger partial charge in [-0.15, -0.1) is 0 Å². The lowest BCUT2D eigenvalue weighted by atomic mass is 10.1. The number of rotatable bonds is 2. The number of hydrogen-bond acceptors (Lipinski definition) is 2. The maximum Gasteiger partial charge on any atom is 0.405 e. The van der Waals surface area contributed by atoms with Crippen LogP contribution in [0.15, 0.2) is 30.3 Å². The summed E-state index contributed by atoms with van der Waals surface area (Å²) >= 11 is 0. The molecule has 1 heterocycles. The third kappa shape index (κ3) is 2.02. The minimum Gasteiger partial charge on any atom is -0.293 e. The van der Waals surface area contributed by atoms with E-state index in [0.717, 1.165) is 0 Å². The van der Waals surface area contributed by atoms with Crippen LogP contribution in [-0.2, 0) is 0 Å². The van der Waals surface area contributed by atoms with E-state index in [1.807, 2.05) is 0 Å². The summed E-state index contributed by atoms with van der Waals surface area (Å²) in [5.74, 6) is -0.502. The minimum atomic E-state index is -4.34. The van der Waals surface area contributed by atoms with Crippen LogP contribution in [0.25, 0.3) is 0 Å². The Labute approximate surface area is 84.1 Å². The smallest absolute Gasteiger partial charge is 0.293 e. The van der Waals surface area contributed by atoms with Crippen LogP contribution in [0.5, 0.6) is 0 Å². The number of carbonyl (C=O) groups is 1. The number of ketones is 1. The van der Waals surface area contributed by atoms with Crippen molar-refractivity contribution in [3.8, 4) is 0 Å². The molecule has 15 heavy (non-hydrogen) atoms. The largest absolute Gasteiger partial charge is 0.405 e. The van der Waals surface area contributed by atoms with Crippen LogP contribution in [-0.4, -0.2) is 24.0 Å². The van der Waals surface area contributed by atoms with E-state index >= 15 is 0 Å². The SMILES string of the molecule is O=C(c1ccccc1)C1NC1C(F)(F)F. The van der Waals surface area contributed by atoms with Gasteiger partial charge in [-0.3, -0.25) is 10.1 Å². The van der Waals surface area contributed by atoms with Gasteiger partial charge in [0.1, 0.15) is 6.04 Å². The van der Waals surface area contributed by atoms with E-state index in [2.05, 4.69) is 5.32 Å². The number of halogens is 3. The number of nitrogens with one attached hydrogen (secondary N) is 1. The first-order valence-electron chi connectivity index (χ1n) is 4.42. The maximum atomic E-state index is 12.2. The predicted octanol–water partition coefficient (Wildman–Crippen LogP) is 1.77. The molecule has 1 saturated heterocycles. The Morgan fingerprint density at radius 2 is 1.80 bits per heavy atom. The molecule has 80 valence electrons. The van der Waals surface area contributed by atoms with Crippen LogP contribution in [0.1, 0.15) is 10.4 Å². The van der Waals surface area contributed by atoms with Gasteiger partial charge in [-0.05, 0) is 0 Å². The fraction of sp³-hybridized carbons (Fsp3) is 0.300. The van der Waals surface area contributed by atoms with Gasteiger partial charge in [0.15, 0.2) is 5.78 Å². The Hall–Kier alpha value is -1.36. The van der Waals surface area contributed by atoms with Crippen molar-refractivity contribution in [3.63, 3.8) is 0 Å². The second kappa shape index (κ2) is 3.34. The zero-order chi connectivity index (χ0) is 11.1. The highest BCUT2D eigenvalue weighted by atomic mass is 19.4.